The van der Waals surface area contributed by atoms with Crippen LogP contribution in [0, 0.1) is 0 Å². The molecule has 0 saturated carbocycles. The van der Waals surface area contributed by atoms with E-state index in [4.69, 9.17) is 9.47 Å². The average molecular weight is 301 g/mol. The molecule has 1 aromatic heterocycles. The lowest BCUT2D eigenvalue weighted by molar-refractivity contribution is 0.0521. The van der Waals surface area contributed by atoms with Crippen LogP contribution in [-0.4, -0.2) is 35.1 Å². The maximum atomic E-state index is 12.0. The summed E-state index contributed by atoms with van der Waals surface area (Å²) in [6.07, 6.45) is 2.90. The normalized spacial score (nSPS) is 10.8. The van der Waals surface area contributed by atoms with Crippen molar-refractivity contribution in [1.29, 1.82) is 0 Å². The third kappa shape index (κ3) is 3.94. The van der Waals surface area contributed by atoms with Crippen LogP contribution in [0.25, 0.3) is 0 Å². The molecule has 0 unspecified atom stereocenters. The number of rotatable bonds is 7. The molecule has 116 valence electrons. The number of aliphatic imine (C=N–C) groups is 1. The fraction of sp³-hybridized carbons (Fsp3) is 0.312. The predicted octanol–water partition coefficient (Wildman–Crippen LogP) is 2.80. The van der Waals surface area contributed by atoms with E-state index in [1.165, 1.54) is 6.40 Å². The van der Waals surface area contributed by atoms with Crippen molar-refractivity contribution < 1.29 is 14.3 Å². The first-order valence-electron chi connectivity index (χ1n) is 7.16. The zero-order chi connectivity index (χ0) is 15.8. The third-order valence-electron chi connectivity index (χ3n) is 2.89. The van der Waals surface area contributed by atoms with Crippen LogP contribution < -0.4 is 0 Å². The Hall–Kier alpha value is -2.63. The van der Waals surface area contributed by atoms with Gasteiger partial charge in [-0.15, -0.1) is 0 Å². The Morgan fingerprint density at radius 1 is 1.27 bits per heavy atom. The Labute approximate surface area is 129 Å². The molecule has 0 fully saturated rings. The Bertz CT molecular complexity index is 635. The molecule has 6 heteroatoms. The van der Waals surface area contributed by atoms with Crippen molar-refractivity contribution in [2.75, 3.05) is 13.2 Å². The van der Waals surface area contributed by atoms with Gasteiger partial charge in [-0.2, -0.15) is 0 Å². The first-order valence-corrected chi connectivity index (χ1v) is 7.16. The molecular formula is C16H19N3O3. The highest BCUT2D eigenvalue weighted by Gasteiger charge is 2.18. The Balaban J connectivity index is 2.30. The lowest BCUT2D eigenvalue weighted by Crippen LogP contribution is -2.06. The van der Waals surface area contributed by atoms with Crippen molar-refractivity contribution in [3.63, 3.8) is 0 Å². The van der Waals surface area contributed by atoms with E-state index in [0.717, 1.165) is 5.56 Å². The van der Waals surface area contributed by atoms with E-state index in [1.54, 1.807) is 17.8 Å². The molecule has 0 aliphatic heterocycles. The number of ether oxygens (including phenoxy) is 2. The lowest BCUT2D eigenvalue weighted by Gasteiger charge is -2.06. The summed E-state index contributed by atoms with van der Waals surface area (Å²) in [6, 6.07) is 9.87. The van der Waals surface area contributed by atoms with E-state index in [2.05, 4.69) is 9.98 Å². The summed E-state index contributed by atoms with van der Waals surface area (Å²) in [5.41, 5.74) is 1.27. The van der Waals surface area contributed by atoms with Gasteiger partial charge in [0.1, 0.15) is 0 Å². The van der Waals surface area contributed by atoms with Gasteiger partial charge in [-0.05, 0) is 19.4 Å². The zero-order valence-electron chi connectivity index (χ0n) is 12.7. The maximum absolute atomic E-state index is 12.0. The highest BCUT2D eigenvalue weighted by atomic mass is 16.5. The number of esters is 1. The quantitative estimate of drug-likeness (QED) is 0.448. The Kier molecular flexibility index (Phi) is 5.71. The molecule has 2 rings (SSSR count). The van der Waals surface area contributed by atoms with Gasteiger partial charge in [0.15, 0.2) is 17.9 Å². The van der Waals surface area contributed by atoms with E-state index >= 15 is 0 Å². The summed E-state index contributed by atoms with van der Waals surface area (Å²) < 4.78 is 11.9. The molecular weight excluding hydrogens is 282 g/mol. The minimum absolute atomic E-state index is 0.189. The number of nitrogens with zero attached hydrogens (tertiary/aromatic N) is 3. The van der Waals surface area contributed by atoms with Gasteiger partial charge >= 0.3 is 5.97 Å². The molecule has 0 atom stereocenters. The minimum atomic E-state index is -0.488. The van der Waals surface area contributed by atoms with Crippen LogP contribution in [0.4, 0.5) is 5.82 Å². The molecule has 0 radical (unpaired) electrons. The van der Waals surface area contributed by atoms with Crippen LogP contribution >= 0.6 is 0 Å². The van der Waals surface area contributed by atoms with Crippen LogP contribution in [0.3, 0.4) is 0 Å². The van der Waals surface area contributed by atoms with Gasteiger partial charge in [0, 0.05) is 0 Å². The standard InChI is InChI=1S/C16H19N3O3/c1-3-21-12-18-15-14(16(20)22-4-2)17-11-19(15)10-13-8-6-5-7-9-13/h5-9,11-12H,3-4,10H2,1-2H3. The van der Waals surface area contributed by atoms with E-state index in [9.17, 15) is 4.79 Å². The summed E-state index contributed by atoms with van der Waals surface area (Å²) in [7, 11) is 0. The van der Waals surface area contributed by atoms with Gasteiger partial charge < -0.3 is 14.0 Å². The smallest absolute Gasteiger partial charge is 0.360 e. The van der Waals surface area contributed by atoms with Crippen molar-refractivity contribution >= 4 is 18.2 Å². The molecule has 0 N–H and O–H groups in total. The van der Waals surface area contributed by atoms with Crippen molar-refractivity contribution in [2.24, 2.45) is 4.99 Å². The van der Waals surface area contributed by atoms with E-state index in [-0.39, 0.29) is 5.69 Å². The SMILES string of the molecule is CCOC=Nc1c(C(=O)OCC)ncn1Cc1ccccc1. The number of benzene rings is 1. The van der Waals surface area contributed by atoms with Crippen LogP contribution in [0.15, 0.2) is 41.7 Å². The number of imidazole rings is 1. The number of carbonyl (C=O) groups excluding carboxylic acids is 1. The Morgan fingerprint density at radius 2 is 2.05 bits per heavy atom. The first kappa shape index (κ1) is 15.8. The van der Waals surface area contributed by atoms with Gasteiger partial charge in [-0.1, -0.05) is 30.3 Å². The number of hydrogen-bond acceptors (Lipinski definition) is 5. The fourth-order valence-corrected chi connectivity index (χ4v) is 1.91. The van der Waals surface area contributed by atoms with Gasteiger partial charge in [0.05, 0.1) is 26.1 Å². The molecule has 1 heterocycles. The summed E-state index contributed by atoms with van der Waals surface area (Å²) in [6.45, 7) is 4.97. The second kappa shape index (κ2) is 7.97. The second-order valence-electron chi connectivity index (χ2n) is 4.44. The van der Waals surface area contributed by atoms with Crippen molar-refractivity contribution in [2.45, 2.75) is 20.4 Å². The molecule has 2 aromatic rings. The van der Waals surface area contributed by atoms with Crippen molar-refractivity contribution in [1.82, 2.24) is 9.55 Å². The summed E-state index contributed by atoms with van der Waals surface area (Å²) in [5, 5.41) is 0. The van der Waals surface area contributed by atoms with Crippen LogP contribution in [-0.2, 0) is 16.0 Å². The predicted molar refractivity (Wildman–Crippen MR) is 83.5 cm³/mol. The molecule has 0 bridgehead atoms. The molecule has 0 amide bonds. The third-order valence-corrected chi connectivity index (χ3v) is 2.89. The van der Waals surface area contributed by atoms with Gasteiger partial charge in [0.25, 0.3) is 0 Å². The van der Waals surface area contributed by atoms with E-state index in [1.807, 2.05) is 37.3 Å². The van der Waals surface area contributed by atoms with Crippen molar-refractivity contribution in [3.8, 4) is 0 Å². The summed E-state index contributed by atoms with van der Waals surface area (Å²) >= 11 is 0. The Morgan fingerprint density at radius 3 is 2.73 bits per heavy atom. The molecule has 1 aromatic carbocycles. The van der Waals surface area contributed by atoms with Crippen LogP contribution in [0.5, 0.6) is 0 Å². The minimum Gasteiger partial charge on any atom is -0.483 e. The molecule has 0 spiro atoms. The highest BCUT2D eigenvalue weighted by Crippen LogP contribution is 2.20. The molecule has 0 saturated heterocycles. The van der Waals surface area contributed by atoms with Crippen LogP contribution in [0.1, 0.15) is 29.9 Å². The molecule has 6 nitrogen and oxygen atoms in total. The van der Waals surface area contributed by atoms with Crippen LogP contribution in [0.2, 0.25) is 0 Å². The largest absolute Gasteiger partial charge is 0.483 e. The van der Waals surface area contributed by atoms with Crippen molar-refractivity contribution in [3.05, 3.63) is 47.9 Å². The van der Waals surface area contributed by atoms with Gasteiger partial charge in [-0.3, -0.25) is 0 Å². The molecule has 22 heavy (non-hydrogen) atoms. The van der Waals surface area contributed by atoms with Gasteiger partial charge in [-0.25, -0.2) is 14.8 Å². The van der Waals surface area contributed by atoms with Gasteiger partial charge in [0.2, 0.25) is 0 Å². The average Bonchev–Trinajstić information content (AvgIpc) is 2.92. The number of carbonyl (C=O) groups is 1. The highest BCUT2D eigenvalue weighted by molar-refractivity contribution is 5.92. The van der Waals surface area contributed by atoms with E-state index < -0.39 is 5.97 Å². The monoisotopic (exact) mass is 301 g/mol. The lowest BCUT2D eigenvalue weighted by atomic mass is 10.2. The fourth-order valence-electron chi connectivity index (χ4n) is 1.91. The second-order valence-corrected chi connectivity index (χ2v) is 4.44. The summed E-state index contributed by atoms with van der Waals surface area (Å²) in [4.78, 5) is 20.3. The zero-order valence-corrected chi connectivity index (χ0v) is 12.7. The molecule has 0 aliphatic rings. The molecule has 0 aliphatic carbocycles. The summed E-state index contributed by atoms with van der Waals surface area (Å²) in [5.74, 6) is -0.0614. The first-order chi connectivity index (χ1) is 10.8. The number of aromatic nitrogens is 2. The maximum Gasteiger partial charge on any atom is 0.360 e. The van der Waals surface area contributed by atoms with E-state index in [0.29, 0.717) is 25.6 Å². The number of hydrogen-bond donors (Lipinski definition) is 0. The topological polar surface area (TPSA) is 65.7 Å².